The molecule has 0 saturated carbocycles. The molecule has 0 spiro atoms. The van der Waals surface area contributed by atoms with Crippen LogP contribution in [0, 0.1) is 5.92 Å². The molecule has 104 valence electrons. The van der Waals surface area contributed by atoms with E-state index in [4.69, 9.17) is 4.74 Å². The van der Waals surface area contributed by atoms with Crippen molar-refractivity contribution in [2.45, 2.75) is 83.5 Å². The van der Waals surface area contributed by atoms with Crippen molar-refractivity contribution in [3.05, 3.63) is 11.6 Å². The Bertz CT molecular complexity index is 322. The summed E-state index contributed by atoms with van der Waals surface area (Å²) in [7, 11) is 0. The van der Waals surface area contributed by atoms with Crippen LogP contribution in [0.3, 0.4) is 0 Å². The van der Waals surface area contributed by atoms with E-state index in [0.717, 1.165) is 12.8 Å². The fourth-order valence-electron chi connectivity index (χ4n) is 3.12. The highest BCUT2D eigenvalue weighted by molar-refractivity contribution is 5.08. The summed E-state index contributed by atoms with van der Waals surface area (Å²) in [5, 5.41) is 9.84. The lowest BCUT2D eigenvalue weighted by atomic mass is 9.81. The first-order valence-corrected chi connectivity index (χ1v) is 7.34. The normalized spacial score (nSPS) is 31.1. The first-order chi connectivity index (χ1) is 8.26. The molecule has 2 atom stereocenters. The molecule has 0 amide bonds. The van der Waals surface area contributed by atoms with Crippen molar-refractivity contribution in [3.63, 3.8) is 0 Å². The van der Waals surface area contributed by atoms with Crippen molar-refractivity contribution in [1.29, 1.82) is 0 Å². The number of rotatable bonds is 5. The quantitative estimate of drug-likeness (QED) is 0.596. The van der Waals surface area contributed by atoms with Crippen LogP contribution in [0.4, 0.5) is 0 Å². The molecular weight excluding hydrogens is 224 g/mol. The number of ether oxygens (including phenoxy) is 1. The highest BCUT2D eigenvalue weighted by Crippen LogP contribution is 2.40. The van der Waals surface area contributed by atoms with Crippen molar-refractivity contribution in [2.24, 2.45) is 5.92 Å². The van der Waals surface area contributed by atoms with Gasteiger partial charge in [-0.2, -0.15) is 0 Å². The summed E-state index contributed by atoms with van der Waals surface area (Å²) in [5.74, 6) is 0.669. The van der Waals surface area contributed by atoms with E-state index in [1.165, 1.54) is 25.7 Å². The third-order valence-electron chi connectivity index (χ3n) is 4.29. The van der Waals surface area contributed by atoms with Gasteiger partial charge in [-0.05, 0) is 72.1 Å². The van der Waals surface area contributed by atoms with Crippen molar-refractivity contribution < 1.29 is 9.84 Å². The molecule has 2 heteroatoms. The molecule has 1 aliphatic heterocycles. The van der Waals surface area contributed by atoms with E-state index in [-0.39, 0.29) is 5.60 Å². The van der Waals surface area contributed by atoms with Gasteiger partial charge in [-0.3, -0.25) is 0 Å². The minimum absolute atomic E-state index is 0.138. The molecule has 0 aromatic carbocycles. The first-order valence-electron chi connectivity index (χ1n) is 7.34. The molecule has 18 heavy (non-hydrogen) atoms. The molecule has 2 nitrogen and oxygen atoms in total. The fraction of sp³-hybridized carbons (Fsp3) is 0.875. The number of hydrogen-bond donors (Lipinski definition) is 1. The van der Waals surface area contributed by atoms with Crippen LogP contribution in [0.5, 0.6) is 0 Å². The van der Waals surface area contributed by atoms with Gasteiger partial charge in [0.15, 0.2) is 0 Å². The van der Waals surface area contributed by atoms with Crippen LogP contribution in [-0.2, 0) is 4.74 Å². The van der Waals surface area contributed by atoms with Gasteiger partial charge in [-0.1, -0.05) is 11.6 Å². The SMILES string of the molecule is CC(C)(O)CC1CC=C(CCC2OC2(C)C)CC1. The smallest absolute Gasteiger partial charge is 0.0892 e. The predicted octanol–water partition coefficient (Wildman–Crippen LogP) is 3.83. The second-order valence-electron chi connectivity index (χ2n) is 7.27. The Morgan fingerprint density at radius 1 is 1.44 bits per heavy atom. The molecule has 1 aliphatic carbocycles. The van der Waals surface area contributed by atoms with Crippen LogP contribution >= 0.6 is 0 Å². The summed E-state index contributed by atoms with van der Waals surface area (Å²) in [6.07, 6.45) is 9.79. The predicted molar refractivity (Wildman–Crippen MR) is 74.5 cm³/mol. The van der Waals surface area contributed by atoms with Crippen LogP contribution in [0.15, 0.2) is 11.6 Å². The molecule has 2 aliphatic rings. The van der Waals surface area contributed by atoms with Crippen molar-refractivity contribution in [2.75, 3.05) is 0 Å². The maximum atomic E-state index is 9.84. The summed E-state index contributed by atoms with van der Waals surface area (Å²) in [4.78, 5) is 0. The molecule has 0 aromatic rings. The summed E-state index contributed by atoms with van der Waals surface area (Å²) in [6, 6.07) is 0. The number of hydrogen-bond acceptors (Lipinski definition) is 2. The van der Waals surface area contributed by atoms with Gasteiger partial charge < -0.3 is 9.84 Å². The average Bonchev–Trinajstić information content (AvgIpc) is 2.83. The Morgan fingerprint density at radius 2 is 2.11 bits per heavy atom. The zero-order chi connectivity index (χ0) is 13.4. The van der Waals surface area contributed by atoms with Gasteiger partial charge in [-0.15, -0.1) is 0 Å². The Morgan fingerprint density at radius 3 is 2.56 bits per heavy atom. The van der Waals surface area contributed by atoms with Crippen molar-refractivity contribution in [1.82, 2.24) is 0 Å². The van der Waals surface area contributed by atoms with E-state index in [9.17, 15) is 5.11 Å². The number of allylic oxidation sites excluding steroid dienone is 2. The van der Waals surface area contributed by atoms with Crippen molar-refractivity contribution >= 4 is 0 Å². The molecule has 2 unspecified atom stereocenters. The van der Waals surface area contributed by atoms with E-state index in [0.29, 0.717) is 12.0 Å². The topological polar surface area (TPSA) is 32.8 Å². The van der Waals surface area contributed by atoms with Gasteiger partial charge in [0, 0.05) is 0 Å². The molecule has 1 N–H and O–H groups in total. The van der Waals surface area contributed by atoms with Gasteiger partial charge in [0.2, 0.25) is 0 Å². The Labute approximate surface area is 111 Å². The minimum Gasteiger partial charge on any atom is -0.390 e. The monoisotopic (exact) mass is 252 g/mol. The Kier molecular flexibility index (Phi) is 3.89. The molecular formula is C16H28O2. The zero-order valence-electron chi connectivity index (χ0n) is 12.3. The molecule has 0 radical (unpaired) electrons. The standard InChI is InChI=1S/C16H28O2/c1-15(2,17)11-13-7-5-12(6-8-13)9-10-14-16(3,4)18-14/h5,13-14,17H,6-11H2,1-4H3. The average molecular weight is 252 g/mol. The molecule has 0 aromatic heterocycles. The highest BCUT2D eigenvalue weighted by Gasteiger charge is 2.46. The van der Waals surface area contributed by atoms with Crippen LogP contribution in [0.2, 0.25) is 0 Å². The first kappa shape index (κ1) is 14.1. The van der Waals surface area contributed by atoms with E-state index in [1.807, 2.05) is 13.8 Å². The molecule has 1 saturated heterocycles. The van der Waals surface area contributed by atoms with Gasteiger partial charge in [0.25, 0.3) is 0 Å². The zero-order valence-corrected chi connectivity index (χ0v) is 12.3. The van der Waals surface area contributed by atoms with Gasteiger partial charge in [-0.25, -0.2) is 0 Å². The van der Waals surface area contributed by atoms with Crippen LogP contribution in [-0.4, -0.2) is 22.4 Å². The van der Waals surface area contributed by atoms with Crippen LogP contribution in [0.1, 0.15) is 66.2 Å². The summed E-state index contributed by atoms with van der Waals surface area (Å²) < 4.78 is 5.62. The molecule has 2 rings (SSSR count). The number of aliphatic hydroxyl groups is 1. The van der Waals surface area contributed by atoms with E-state index in [2.05, 4.69) is 19.9 Å². The third kappa shape index (κ3) is 4.10. The van der Waals surface area contributed by atoms with Crippen LogP contribution in [0.25, 0.3) is 0 Å². The number of epoxide rings is 1. The lowest BCUT2D eigenvalue weighted by Crippen LogP contribution is -2.24. The van der Waals surface area contributed by atoms with Crippen molar-refractivity contribution in [3.8, 4) is 0 Å². The third-order valence-corrected chi connectivity index (χ3v) is 4.29. The van der Waals surface area contributed by atoms with Crippen LogP contribution < -0.4 is 0 Å². The lowest BCUT2D eigenvalue weighted by molar-refractivity contribution is 0.0506. The van der Waals surface area contributed by atoms with E-state index in [1.54, 1.807) is 5.57 Å². The van der Waals surface area contributed by atoms with E-state index < -0.39 is 5.60 Å². The Balaban J connectivity index is 1.70. The van der Waals surface area contributed by atoms with Gasteiger partial charge in [0.05, 0.1) is 17.3 Å². The molecule has 1 heterocycles. The minimum atomic E-state index is -0.512. The van der Waals surface area contributed by atoms with E-state index >= 15 is 0 Å². The molecule has 0 bridgehead atoms. The lowest BCUT2D eigenvalue weighted by Gasteiger charge is -2.27. The highest BCUT2D eigenvalue weighted by atomic mass is 16.6. The second-order valence-corrected chi connectivity index (χ2v) is 7.27. The second kappa shape index (κ2) is 4.97. The Hall–Kier alpha value is -0.340. The summed E-state index contributed by atoms with van der Waals surface area (Å²) in [6.45, 7) is 8.18. The maximum Gasteiger partial charge on any atom is 0.0892 e. The summed E-state index contributed by atoms with van der Waals surface area (Å²) >= 11 is 0. The maximum absolute atomic E-state index is 9.84. The van der Waals surface area contributed by atoms with Gasteiger partial charge in [0.1, 0.15) is 0 Å². The largest absolute Gasteiger partial charge is 0.390 e. The fourth-order valence-corrected chi connectivity index (χ4v) is 3.12. The molecule has 1 fully saturated rings. The van der Waals surface area contributed by atoms with Gasteiger partial charge >= 0.3 is 0 Å². The summed E-state index contributed by atoms with van der Waals surface area (Å²) in [5.41, 5.74) is 1.23.